The van der Waals surface area contributed by atoms with E-state index in [9.17, 15) is 4.79 Å². The molecule has 0 spiro atoms. The number of aliphatic carboxylic acids is 1. The molecule has 0 fully saturated rings. The maximum absolute atomic E-state index is 11.0. The minimum absolute atomic E-state index is 0.567. The lowest BCUT2D eigenvalue weighted by Crippen LogP contribution is -2.26. The van der Waals surface area contributed by atoms with Crippen LogP contribution >= 0.6 is 0 Å². The number of ether oxygens (including phenoxy) is 1. The highest BCUT2D eigenvalue weighted by atomic mass is 16.5. The molecule has 1 rings (SSSR count). The van der Waals surface area contributed by atoms with Gasteiger partial charge in [-0.15, -0.1) is 0 Å². The molecular weight excluding hydrogens is 218 g/mol. The number of carboxylic acids is 1. The molecule has 4 nitrogen and oxygen atoms in total. The summed E-state index contributed by atoms with van der Waals surface area (Å²) in [6.45, 7) is 5.48. The van der Waals surface area contributed by atoms with E-state index in [2.05, 4.69) is 0 Å². The molecule has 0 aromatic heterocycles. The highest BCUT2D eigenvalue weighted by molar-refractivity contribution is 5.71. The average Bonchev–Trinajstić information content (AvgIpc) is 2.25. The van der Waals surface area contributed by atoms with Crippen LogP contribution in [0.4, 0.5) is 0 Å². The van der Waals surface area contributed by atoms with Gasteiger partial charge in [-0.2, -0.15) is 0 Å². The van der Waals surface area contributed by atoms with E-state index in [0.717, 1.165) is 16.7 Å². The van der Waals surface area contributed by atoms with Crippen molar-refractivity contribution in [1.82, 2.24) is 0 Å². The lowest BCUT2D eigenvalue weighted by molar-refractivity contribution is -0.141. The van der Waals surface area contributed by atoms with Crippen LogP contribution in [0.1, 0.15) is 29.7 Å². The van der Waals surface area contributed by atoms with Gasteiger partial charge in [0.05, 0.1) is 13.0 Å². The standard InChI is InChI=1S/C13H19NO3/c1-7-5-8(2)11(10(6-7)17-4)12(14)9(3)13(15)16/h5-6,9,12H,14H2,1-4H3,(H,15,16). The Morgan fingerprint density at radius 1 is 1.41 bits per heavy atom. The van der Waals surface area contributed by atoms with E-state index in [-0.39, 0.29) is 0 Å². The smallest absolute Gasteiger partial charge is 0.308 e. The van der Waals surface area contributed by atoms with Gasteiger partial charge in [0.15, 0.2) is 0 Å². The summed E-state index contributed by atoms with van der Waals surface area (Å²) in [5.41, 5.74) is 8.81. The molecule has 0 heterocycles. The highest BCUT2D eigenvalue weighted by Crippen LogP contribution is 2.32. The van der Waals surface area contributed by atoms with Gasteiger partial charge in [-0.05, 0) is 31.0 Å². The molecule has 2 unspecified atom stereocenters. The Balaban J connectivity index is 3.25. The zero-order valence-corrected chi connectivity index (χ0v) is 10.7. The first kappa shape index (κ1) is 13.5. The van der Waals surface area contributed by atoms with Crippen LogP contribution in [0.2, 0.25) is 0 Å². The van der Waals surface area contributed by atoms with Gasteiger partial charge in [0.2, 0.25) is 0 Å². The second kappa shape index (κ2) is 5.19. The third kappa shape index (κ3) is 2.77. The molecule has 4 heteroatoms. The van der Waals surface area contributed by atoms with Gasteiger partial charge in [0.25, 0.3) is 0 Å². The monoisotopic (exact) mass is 237 g/mol. The number of rotatable bonds is 4. The Kier molecular flexibility index (Phi) is 4.12. The topological polar surface area (TPSA) is 72.5 Å². The van der Waals surface area contributed by atoms with Crippen molar-refractivity contribution in [2.75, 3.05) is 7.11 Å². The van der Waals surface area contributed by atoms with Gasteiger partial charge in [0, 0.05) is 11.6 Å². The summed E-state index contributed by atoms with van der Waals surface area (Å²) in [5, 5.41) is 9.00. The molecule has 0 aliphatic rings. The number of hydrogen-bond acceptors (Lipinski definition) is 3. The van der Waals surface area contributed by atoms with Crippen LogP contribution in [0.5, 0.6) is 5.75 Å². The fourth-order valence-corrected chi connectivity index (χ4v) is 1.94. The maximum atomic E-state index is 11.0. The van der Waals surface area contributed by atoms with Crippen molar-refractivity contribution >= 4 is 5.97 Å². The van der Waals surface area contributed by atoms with Crippen LogP contribution in [0.3, 0.4) is 0 Å². The van der Waals surface area contributed by atoms with Crippen molar-refractivity contribution in [3.8, 4) is 5.75 Å². The number of nitrogens with two attached hydrogens (primary N) is 1. The van der Waals surface area contributed by atoms with Crippen molar-refractivity contribution < 1.29 is 14.6 Å². The van der Waals surface area contributed by atoms with Crippen LogP contribution in [-0.2, 0) is 4.79 Å². The van der Waals surface area contributed by atoms with Crippen molar-refractivity contribution in [1.29, 1.82) is 0 Å². The van der Waals surface area contributed by atoms with E-state index in [0.29, 0.717) is 5.75 Å². The number of methoxy groups -OCH3 is 1. The van der Waals surface area contributed by atoms with E-state index in [4.69, 9.17) is 15.6 Å². The zero-order valence-electron chi connectivity index (χ0n) is 10.7. The van der Waals surface area contributed by atoms with Gasteiger partial charge in [0.1, 0.15) is 5.75 Å². The minimum Gasteiger partial charge on any atom is -0.496 e. The van der Waals surface area contributed by atoms with Crippen molar-refractivity contribution in [2.24, 2.45) is 11.7 Å². The molecular formula is C13H19NO3. The second-order valence-electron chi connectivity index (χ2n) is 4.35. The van der Waals surface area contributed by atoms with E-state index < -0.39 is 17.9 Å². The molecule has 0 radical (unpaired) electrons. The highest BCUT2D eigenvalue weighted by Gasteiger charge is 2.25. The molecule has 0 bridgehead atoms. The first-order valence-electron chi connectivity index (χ1n) is 5.52. The van der Waals surface area contributed by atoms with E-state index >= 15 is 0 Å². The summed E-state index contributed by atoms with van der Waals surface area (Å²) >= 11 is 0. The molecule has 0 saturated heterocycles. The quantitative estimate of drug-likeness (QED) is 0.840. The number of carbonyl (C=O) groups is 1. The summed E-state index contributed by atoms with van der Waals surface area (Å²) < 4.78 is 5.29. The fourth-order valence-electron chi connectivity index (χ4n) is 1.94. The first-order chi connectivity index (χ1) is 7.88. The first-order valence-corrected chi connectivity index (χ1v) is 5.52. The molecule has 2 atom stereocenters. The number of benzene rings is 1. The lowest BCUT2D eigenvalue weighted by atomic mass is 9.90. The van der Waals surface area contributed by atoms with Crippen molar-refractivity contribution in [2.45, 2.75) is 26.8 Å². The minimum atomic E-state index is -0.903. The summed E-state index contributed by atoms with van der Waals surface area (Å²) in [6, 6.07) is 3.28. The average molecular weight is 237 g/mol. The zero-order chi connectivity index (χ0) is 13.2. The maximum Gasteiger partial charge on any atom is 0.308 e. The molecule has 1 aromatic rings. The number of carboxylic acid groups (broad SMARTS) is 1. The van der Waals surface area contributed by atoms with Gasteiger partial charge >= 0.3 is 5.97 Å². The summed E-state index contributed by atoms with van der Waals surface area (Å²) in [6.07, 6.45) is 0. The Labute approximate surface area is 101 Å². The summed E-state index contributed by atoms with van der Waals surface area (Å²) in [5.74, 6) is -0.895. The van der Waals surface area contributed by atoms with E-state index in [1.165, 1.54) is 0 Å². The van der Waals surface area contributed by atoms with Gasteiger partial charge < -0.3 is 15.6 Å². The van der Waals surface area contributed by atoms with Crippen molar-refractivity contribution in [3.05, 3.63) is 28.8 Å². The fraction of sp³-hybridized carbons (Fsp3) is 0.462. The Morgan fingerprint density at radius 3 is 2.47 bits per heavy atom. The van der Waals surface area contributed by atoms with Crippen LogP contribution < -0.4 is 10.5 Å². The molecule has 0 amide bonds. The Bertz CT molecular complexity index is 429. The van der Waals surface area contributed by atoms with E-state index in [1.54, 1.807) is 14.0 Å². The predicted molar refractivity (Wildman–Crippen MR) is 66.2 cm³/mol. The van der Waals surface area contributed by atoms with Gasteiger partial charge in [-0.3, -0.25) is 4.79 Å². The summed E-state index contributed by atoms with van der Waals surface area (Å²) in [4.78, 5) is 11.0. The van der Waals surface area contributed by atoms with Gasteiger partial charge in [-0.25, -0.2) is 0 Å². The number of hydrogen-bond donors (Lipinski definition) is 2. The Hall–Kier alpha value is -1.55. The molecule has 0 aliphatic heterocycles. The third-order valence-electron chi connectivity index (χ3n) is 2.97. The van der Waals surface area contributed by atoms with Crippen LogP contribution in [-0.4, -0.2) is 18.2 Å². The van der Waals surface area contributed by atoms with Crippen molar-refractivity contribution in [3.63, 3.8) is 0 Å². The van der Waals surface area contributed by atoms with Gasteiger partial charge in [-0.1, -0.05) is 13.0 Å². The second-order valence-corrected chi connectivity index (χ2v) is 4.35. The molecule has 3 N–H and O–H groups in total. The largest absolute Gasteiger partial charge is 0.496 e. The third-order valence-corrected chi connectivity index (χ3v) is 2.97. The lowest BCUT2D eigenvalue weighted by Gasteiger charge is -2.21. The molecule has 0 aliphatic carbocycles. The number of aryl methyl sites for hydroxylation is 2. The summed E-state index contributed by atoms with van der Waals surface area (Å²) in [7, 11) is 1.57. The molecule has 17 heavy (non-hydrogen) atoms. The SMILES string of the molecule is COc1cc(C)cc(C)c1C(N)C(C)C(=O)O. The van der Waals surface area contributed by atoms with E-state index in [1.807, 2.05) is 26.0 Å². The van der Waals surface area contributed by atoms with Crippen LogP contribution in [0.15, 0.2) is 12.1 Å². The predicted octanol–water partition coefficient (Wildman–Crippen LogP) is 2.03. The Morgan fingerprint density at radius 2 is 2.00 bits per heavy atom. The molecule has 1 aromatic carbocycles. The van der Waals surface area contributed by atoms with Crippen LogP contribution in [0.25, 0.3) is 0 Å². The normalized spacial score (nSPS) is 14.2. The molecule has 0 saturated carbocycles. The van der Waals surface area contributed by atoms with Crippen LogP contribution in [0, 0.1) is 19.8 Å². The molecule has 94 valence electrons.